The summed E-state index contributed by atoms with van der Waals surface area (Å²) in [6.45, 7) is 2.33. The zero-order valence-electron chi connectivity index (χ0n) is 21.1. The lowest BCUT2D eigenvalue weighted by Crippen LogP contribution is -2.40. The molecule has 0 radical (unpaired) electrons. The van der Waals surface area contributed by atoms with Gasteiger partial charge in [0.25, 0.3) is 10.0 Å². The second-order valence-electron chi connectivity index (χ2n) is 9.42. The molecule has 0 saturated carbocycles. The summed E-state index contributed by atoms with van der Waals surface area (Å²) in [4.78, 5) is 15.2. The van der Waals surface area contributed by atoms with Crippen molar-refractivity contribution in [3.8, 4) is 0 Å². The molecule has 0 unspecified atom stereocenters. The first-order valence-corrected chi connectivity index (χ1v) is 14.4. The lowest BCUT2D eigenvalue weighted by molar-refractivity contribution is -0.137. The molecule has 0 aliphatic carbocycles. The molecule has 1 aliphatic rings. The number of anilines is 1. The van der Waals surface area contributed by atoms with Gasteiger partial charge in [-0.05, 0) is 67.4 Å². The molecule has 3 aromatic rings. The minimum Gasteiger partial charge on any atom is -0.350 e. The van der Waals surface area contributed by atoms with Crippen LogP contribution in [-0.4, -0.2) is 38.9 Å². The summed E-state index contributed by atoms with van der Waals surface area (Å²) in [6.07, 6.45) is -1.21. The van der Waals surface area contributed by atoms with Gasteiger partial charge in [0.05, 0.1) is 21.2 Å². The molecule has 1 heterocycles. The van der Waals surface area contributed by atoms with Crippen molar-refractivity contribution < 1.29 is 26.4 Å². The van der Waals surface area contributed by atoms with Gasteiger partial charge in [-0.3, -0.25) is 14.0 Å². The predicted molar refractivity (Wildman–Crippen MR) is 145 cm³/mol. The Morgan fingerprint density at radius 3 is 2.31 bits per heavy atom. The minimum atomic E-state index is -4.81. The molecule has 208 valence electrons. The van der Waals surface area contributed by atoms with E-state index in [1.807, 2.05) is 24.3 Å². The smallest absolute Gasteiger partial charge is 0.350 e. The molecular weight excluding hydrogens is 551 g/mol. The lowest BCUT2D eigenvalue weighted by atomic mass is 10.1. The molecule has 1 saturated heterocycles. The van der Waals surface area contributed by atoms with Crippen molar-refractivity contribution in [2.24, 2.45) is 0 Å². The second kappa shape index (κ2) is 12.4. The van der Waals surface area contributed by atoms with Crippen LogP contribution in [0.15, 0.2) is 77.7 Å². The Morgan fingerprint density at radius 1 is 0.923 bits per heavy atom. The molecule has 1 amide bonds. The number of nitrogens with zero attached hydrogens (tertiary/aromatic N) is 2. The van der Waals surface area contributed by atoms with Crippen molar-refractivity contribution in [1.82, 2.24) is 10.2 Å². The van der Waals surface area contributed by atoms with Crippen LogP contribution >= 0.6 is 11.6 Å². The number of hydrogen-bond donors (Lipinski definition) is 1. The maximum atomic E-state index is 13.5. The number of alkyl halides is 3. The molecule has 4 rings (SSSR count). The highest BCUT2D eigenvalue weighted by Gasteiger charge is 2.35. The Balaban J connectivity index is 1.53. The molecular formula is C28H29ClF3N3O3S. The van der Waals surface area contributed by atoms with Gasteiger partial charge < -0.3 is 5.32 Å². The zero-order chi connectivity index (χ0) is 28.0. The minimum absolute atomic E-state index is 0.139. The fourth-order valence-electron chi connectivity index (χ4n) is 4.52. The number of sulfonamides is 1. The Hall–Kier alpha value is -3.08. The maximum absolute atomic E-state index is 13.5. The Morgan fingerprint density at radius 2 is 1.62 bits per heavy atom. The average Bonchev–Trinajstić information content (AvgIpc) is 2.91. The van der Waals surface area contributed by atoms with Crippen LogP contribution in [0.1, 0.15) is 36.0 Å². The fraction of sp³-hybridized carbons (Fsp3) is 0.321. The number of piperidine rings is 1. The lowest BCUT2D eigenvalue weighted by Gasteiger charge is -2.26. The van der Waals surface area contributed by atoms with Gasteiger partial charge in [0.1, 0.15) is 6.54 Å². The number of rotatable bonds is 9. The zero-order valence-corrected chi connectivity index (χ0v) is 22.7. The molecule has 0 bridgehead atoms. The summed E-state index contributed by atoms with van der Waals surface area (Å²) in [6, 6.07) is 17.7. The largest absolute Gasteiger partial charge is 0.417 e. The van der Waals surface area contributed by atoms with Crippen LogP contribution in [0.3, 0.4) is 0 Å². The standard InChI is InChI=1S/C28H29ClF3N3O3S/c29-26-13-12-23(17-25(26)28(30,31)32)35(39(37,38)24-10-3-1-4-11-24)20-27(36)33-18-21-8-7-9-22(16-21)19-34-14-5-2-6-15-34/h1,3-4,7-13,16-17H,2,5-6,14-15,18-20H2,(H,33,36). The summed E-state index contributed by atoms with van der Waals surface area (Å²) in [5.41, 5.74) is 0.425. The Bertz CT molecular complexity index is 1400. The van der Waals surface area contributed by atoms with E-state index < -0.39 is 39.2 Å². The normalized spacial score (nSPS) is 14.7. The molecule has 39 heavy (non-hydrogen) atoms. The Kier molecular flexibility index (Phi) is 9.19. The predicted octanol–water partition coefficient (Wildman–Crippen LogP) is 5.86. The van der Waals surface area contributed by atoms with E-state index in [1.165, 1.54) is 43.5 Å². The molecule has 0 atom stereocenters. The summed E-state index contributed by atoms with van der Waals surface area (Å²) in [5.74, 6) is -0.667. The molecule has 1 fully saturated rings. The van der Waals surface area contributed by atoms with Crippen LogP contribution in [0.25, 0.3) is 0 Å². The quantitative estimate of drug-likeness (QED) is 0.345. The van der Waals surface area contributed by atoms with E-state index in [9.17, 15) is 26.4 Å². The highest BCUT2D eigenvalue weighted by atomic mass is 35.5. The highest BCUT2D eigenvalue weighted by molar-refractivity contribution is 7.92. The van der Waals surface area contributed by atoms with Gasteiger partial charge in [0.15, 0.2) is 0 Å². The molecule has 6 nitrogen and oxygen atoms in total. The van der Waals surface area contributed by atoms with Gasteiger partial charge in [0, 0.05) is 13.1 Å². The third kappa shape index (κ3) is 7.52. The average molecular weight is 580 g/mol. The maximum Gasteiger partial charge on any atom is 0.417 e. The number of carbonyl (C=O) groups excluding carboxylic acids is 1. The van der Waals surface area contributed by atoms with E-state index in [4.69, 9.17) is 11.6 Å². The van der Waals surface area contributed by atoms with Crippen LogP contribution in [-0.2, 0) is 34.1 Å². The first kappa shape index (κ1) is 28.9. The van der Waals surface area contributed by atoms with Crippen LogP contribution in [0.2, 0.25) is 5.02 Å². The van der Waals surface area contributed by atoms with E-state index in [2.05, 4.69) is 10.2 Å². The van der Waals surface area contributed by atoms with Crippen LogP contribution in [0.4, 0.5) is 18.9 Å². The molecule has 11 heteroatoms. The number of benzene rings is 3. The summed E-state index contributed by atoms with van der Waals surface area (Å²) < 4.78 is 68.1. The second-order valence-corrected chi connectivity index (χ2v) is 11.7. The van der Waals surface area contributed by atoms with Crippen molar-refractivity contribution in [2.45, 2.75) is 43.4 Å². The molecule has 3 aromatic carbocycles. The van der Waals surface area contributed by atoms with Crippen molar-refractivity contribution in [3.63, 3.8) is 0 Å². The number of likely N-dealkylation sites (tertiary alicyclic amines) is 1. The fourth-order valence-corrected chi connectivity index (χ4v) is 6.18. The number of halogens is 4. The number of carbonyl (C=O) groups is 1. The van der Waals surface area contributed by atoms with Gasteiger partial charge in [-0.15, -0.1) is 0 Å². The molecule has 0 aromatic heterocycles. The van der Waals surface area contributed by atoms with Crippen LogP contribution in [0.5, 0.6) is 0 Å². The van der Waals surface area contributed by atoms with Gasteiger partial charge >= 0.3 is 6.18 Å². The SMILES string of the molecule is O=C(CN(c1ccc(Cl)c(C(F)(F)F)c1)S(=O)(=O)c1ccccc1)NCc1cccc(CN2CCCCC2)c1. The first-order chi connectivity index (χ1) is 18.5. The number of amides is 1. The summed E-state index contributed by atoms with van der Waals surface area (Å²) in [7, 11) is -4.37. The van der Waals surface area contributed by atoms with Gasteiger partial charge in [-0.2, -0.15) is 13.2 Å². The van der Waals surface area contributed by atoms with Crippen molar-refractivity contribution >= 4 is 33.2 Å². The van der Waals surface area contributed by atoms with Gasteiger partial charge in [0.2, 0.25) is 5.91 Å². The van der Waals surface area contributed by atoms with E-state index in [-0.39, 0.29) is 17.1 Å². The summed E-state index contributed by atoms with van der Waals surface area (Å²) in [5, 5.41) is 2.13. The van der Waals surface area contributed by atoms with Crippen LogP contribution in [0, 0.1) is 0 Å². The number of hydrogen-bond acceptors (Lipinski definition) is 4. The third-order valence-corrected chi connectivity index (χ3v) is 8.62. The van der Waals surface area contributed by atoms with E-state index in [1.54, 1.807) is 6.07 Å². The van der Waals surface area contributed by atoms with Crippen LogP contribution < -0.4 is 9.62 Å². The first-order valence-electron chi connectivity index (χ1n) is 12.6. The molecule has 1 aliphatic heterocycles. The van der Waals surface area contributed by atoms with E-state index in [0.29, 0.717) is 10.4 Å². The van der Waals surface area contributed by atoms with E-state index in [0.717, 1.165) is 42.9 Å². The van der Waals surface area contributed by atoms with Crippen molar-refractivity contribution in [1.29, 1.82) is 0 Å². The molecule has 1 N–H and O–H groups in total. The van der Waals surface area contributed by atoms with Gasteiger partial charge in [-0.25, -0.2) is 8.42 Å². The molecule has 0 spiro atoms. The number of nitrogens with one attached hydrogen (secondary N) is 1. The monoisotopic (exact) mass is 579 g/mol. The highest BCUT2D eigenvalue weighted by Crippen LogP contribution is 2.38. The Labute approximate surface area is 231 Å². The van der Waals surface area contributed by atoms with Crippen molar-refractivity contribution in [3.05, 3.63) is 94.5 Å². The topological polar surface area (TPSA) is 69.7 Å². The van der Waals surface area contributed by atoms with Gasteiger partial charge in [-0.1, -0.05) is 60.5 Å². The van der Waals surface area contributed by atoms with Crippen molar-refractivity contribution in [2.75, 3.05) is 23.9 Å². The third-order valence-electron chi connectivity index (χ3n) is 6.50. The summed E-state index contributed by atoms with van der Waals surface area (Å²) >= 11 is 5.74. The van der Waals surface area contributed by atoms with E-state index >= 15 is 0 Å².